The fourth-order valence-corrected chi connectivity index (χ4v) is 2.74. The molecule has 138 valence electrons. The molecular formula is C18H24N6O2. The number of aromatic nitrogens is 4. The smallest absolute Gasteiger partial charge is 0.407 e. The maximum atomic E-state index is 11.4. The molecule has 0 saturated heterocycles. The predicted molar refractivity (Wildman–Crippen MR) is 100 cm³/mol. The zero-order valence-corrected chi connectivity index (χ0v) is 15.3. The summed E-state index contributed by atoms with van der Waals surface area (Å²) in [5.41, 5.74) is 2.60. The molecule has 0 spiro atoms. The maximum Gasteiger partial charge on any atom is 0.407 e. The molecule has 0 aliphatic carbocycles. The number of rotatable bonds is 7. The van der Waals surface area contributed by atoms with E-state index in [1.807, 2.05) is 49.4 Å². The number of carbonyl (C=O) groups is 1. The Hall–Kier alpha value is -2.90. The number of fused-ring (bicyclic) bond motifs is 3. The third kappa shape index (κ3) is 4.01. The highest BCUT2D eigenvalue weighted by Gasteiger charge is 2.12. The van der Waals surface area contributed by atoms with E-state index in [4.69, 9.17) is 4.74 Å². The Morgan fingerprint density at radius 3 is 2.77 bits per heavy atom. The van der Waals surface area contributed by atoms with Gasteiger partial charge >= 0.3 is 6.09 Å². The lowest BCUT2D eigenvalue weighted by molar-refractivity contribution is 0.115. The van der Waals surface area contributed by atoms with Crippen molar-refractivity contribution in [3.63, 3.8) is 0 Å². The monoisotopic (exact) mass is 356 g/mol. The number of amides is 1. The molecule has 8 heteroatoms. The number of unbranched alkanes of at least 4 members (excludes halogenated alkanes) is 1. The van der Waals surface area contributed by atoms with Gasteiger partial charge in [-0.25, -0.2) is 9.78 Å². The molecule has 0 saturated carbocycles. The number of anilines is 1. The number of hydrogen-bond acceptors (Lipinski definition) is 6. The molecule has 1 amide bonds. The van der Waals surface area contributed by atoms with Crippen LogP contribution in [0.2, 0.25) is 0 Å². The lowest BCUT2D eigenvalue weighted by Gasteiger charge is -2.11. The second-order valence-electron chi connectivity index (χ2n) is 6.37. The number of para-hydroxylation sites is 2. The second kappa shape index (κ2) is 7.99. The van der Waals surface area contributed by atoms with Gasteiger partial charge < -0.3 is 15.4 Å². The summed E-state index contributed by atoms with van der Waals surface area (Å²) in [6, 6.07) is 7.93. The Kier molecular flexibility index (Phi) is 5.50. The first-order valence-corrected chi connectivity index (χ1v) is 8.85. The summed E-state index contributed by atoms with van der Waals surface area (Å²) in [4.78, 5) is 16.1. The predicted octanol–water partition coefficient (Wildman–Crippen LogP) is 2.91. The number of benzene rings is 1. The highest BCUT2D eigenvalue weighted by molar-refractivity contribution is 5.82. The molecule has 26 heavy (non-hydrogen) atoms. The van der Waals surface area contributed by atoms with Crippen LogP contribution in [0, 0.1) is 6.92 Å². The Morgan fingerprint density at radius 1 is 1.19 bits per heavy atom. The van der Waals surface area contributed by atoms with E-state index in [9.17, 15) is 4.79 Å². The van der Waals surface area contributed by atoms with Crippen molar-refractivity contribution in [1.29, 1.82) is 0 Å². The summed E-state index contributed by atoms with van der Waals surface area (Å²) in [6.45, 7) is 6.89. The number of ether oxygens (including phenoxy) is 1. The van der Waals surface area contributed by atoms with Crippen LogP contribution in [-0.4, -0.2) is 44.9 Å². The summed E-state index contributed by atoms with van der Waals surface area (Å²) in [5, 5.41) is 14.5. The van der Waals surface area contributed by atoms with Crippen LogP contribution in [0.4, 0.5) is 10.6 Å². The molecule has 0 radical (unpaired) electrons. The van der Waals surface area contributed by atoms with Crippen LogP contribution in [-0.2, 0) is 4.74 Å². The van der Waals surface area contributed by atoms with E-state index in [1.165, 1.54) is 0 Å². The summed E-state index contributed by atoms with van der Waals surface area (Å²) in [6.07, 6.45) is 1.25. The normalized spacial score (nSPS) is 11.2. The van der Waals surface area contributed by atoms with Crippen molar-refractivity contribution < 1.29 is 9.53 Å². The SMILES string of the molecule is Cc1nnc2c(NCCCCNC(=O)OC(C)C)nc3ccccc3n12. The molecule has 2 aromatic heterocycles. The molecule has 0 unspecified atom stereocenters. The summed E-state index contributed by atoms with van der Waals surface area (Å²) >= 11 is 0. The van der Waals surface area contributed by atoms with Crippen molar-refractivity contribution in [2.45, 2.75) is 39.7 Å². The summed E-state index contributed by atoms with van der Waals surface area (Å²) in [5.74, 6) is 1.55. The van der Waals surface area contributed by atoms with E-state index in [2.05, 4.69) is 25.8 Å². The average Bonchev–Trinajstić information content (AvgIpc) is 2.99. The van der Waals surface area contributed by atoms with Gasteiger partial charge in [-0.3, -0.25) is 4.40 Å². The van der Waals surface area contributed by atoms with E-state index in [-0.39, 0.29) is 12.2 Å². The third-order valence-corrected chi connectivity index (χ3v) is 3.90. The molecular weight excluding hydrogens is 332 g/mol. The highest BCUT2D eigenvalue weighted by Crippen LogP contribution is 2.21. The first-order valence-electron chi connectivity index (χ1n) is 8.85. The first kappa shape index (κ1) is 17.9. The molecule has 3 aromatic rings. The Bertz CT molecular complexity index is 905. The molecule has 0 fully saturated rings. The quantitative estimate of drug-likeness (QED) is 0.632. The van der Waals surface area contributed by atoms with Crippen LogP contribution in [0.3, 0.4) is 0 Å². The van der Waals surface area contributed by atoms with Gasteiger partial charge in [0, 0.05) is 13.1 Å². The number of nitrogens with zero attached hydrogens (tertiary/aromatic N) is 4. The second-order valence-corrected chi connectivity index (χ2v) is 6.37. The number of alkyl carbamates (subject to hydrolysis) is 1. The molecule has 3 rings (SSSR count). The lowest BCUT2D eigenvalue weighted by Crippen LogP contribution is -2.27. The number of carbonyl (C=O) groups excluding carboxylic acids is 1. The number of aryl methyl sites for hydroxylation is 1. The molecule has 8 nitrogen and oxygen atoms in total. The van der Waals surface area contributed by atoms with Gasteiger partial charge in [-0.15, -0.1) is 10.2 Å². The minimum Gasteiger partial charge on any atom is -0.447 e. The summed E-state index contributed by atoms with van der Waals surface area (Å²) < 4.78 is 7.03. The minimum absolute atomic E-state index is 0.107. The van der Waals surface area contributed by atoms with Crippen molar-refractivity contribution in [2.75, 3.05) is 18.4 Å². The Balaban J connectivity index is 1.58. The van der Waals surface area contributed by atoms with Gasteiger partial charge in [0.25, 0.3) is 0 Å². The van der Waals surface area contributed by atoms with E-state index in [0.717, 1.165) is 47.7 Å². The van der Waals surface area contributed by atoms with E-state index >= 15 is 0 Å². The van der Waals surface area contributed by atoms with Gasteiger partial charge in [0.15, 0.2) is 5.82 Å². The fraction of sp³-hybridized carbons (Fsp3) is 0.444. The Labute approximate surface area is 152 Å². The molecule has 2 N–H and O–H groups in total. The molecule has 1 aromatic carbocycles. The van der Waals surface area contributed by atoms with Crippen LogP contribution in [0.1, 0.15) is 32.5 Å². The lowest BCUT2D eigenvalue weighted by atomic mass is 10.3. The highest BCUT2D eigenvalue weighted by atomic mass is 16.6. The van der Waals surface area contributed by atoms with Crippen molar-refractivity contribution >= 4 is 28.6 Å². The van der Waals surface area contributed by atoms with Crippen molar-refractivity contribution in [2.24, 2.45) is 0 Å². The standard InChI is InChI=1S/C18H24N6O2/c1-12(2)26-18(25)20-11-7-6-10-19-16-17-23-22-13(3)24(17)15-9-5-4-8-14(15)21-16/h4-5,8-9,12H,6-7,10-11H2,1-3H3,(H,19,21)(H,20,25). The van der Waals surface area contributed by atoms with Crippen LogP contribution < -0.4 is 10.6 Å². The van der Waals surface area contributed by atoms with Crippen molar-refractivity contribution in [3.8, 4) is 0 Å². The van der Waals surface area contributed by atoms with Crippen LogP contribution in [0.25, 0.3) is 16.7 Å². The zero-order valence-electron chi connectivity index (χ0n) is 15.3. The van der Waals surface area contributed by atoms with Gasteiger partial charge in [-0.1, -0.05) is 12.1 Å². The summed E-state index contributed by atoms with van der Waals surface area (Å²) in [7, 11) is 0. The number of nitrogens with one attached hydrogen (secondary N) is 2. The van der Waals surface area contributed by atoms with Crippen molar-refractivity contribution in [3.05, 3.63) is 30.1 Å². The maximum absolute atomic E-state index is 11.4. The molecule has 2 heterocycles. The van der Waals surface area contributed by atoms with Crippen LogP contribution in [0.15, 0.2) is 24.3 Å². The third-order valence-electron chi connectivity index (χ3n) is 3.90. The van der Waals surface area contributed by atoms with Gasteiger partial charge in [0.2, 0.25) is 5.65 Å². The van der Waals surface area contributed by atoms with Crippen molar-refractivity contribution in [1.82, 2.24) is 24.9 Å². The van der Waals surface area contributed by atoms with E-state index < -0.39 is 0 Å². The van der Waals surface area contributed by atoms with Crippen LogP contribution >= 0.6 is 0 Å². The zero-order chi connectivity index (χ0) is 18.5. The topological polar surface area (TPSA) is 93.4 Å². The first-order chi connectivity index (χ1) is 12.6. The fourth-order valence-electron chi connectivity index (χ4n) is 2.74. The molecule has 0 aliphatic rings. The van der Waals surface area contributed by atoms with E-state index in [1.54, 1.807) is 0 Å². The average molecular weight is 356 g/mol. The minimum atomic E-state index is -0.371. The van der Waals surface area contributed by atoms with Gasteiger partial charge in [-0.2, -0.15) is 0 Å². The molecule has 0 aliphatic heterocycles. The van der Waals surface area contributed by atoms with Gasteiger partial charge in [-0.05, 0) is 45.7 Å². The van der Waals surface area contributed by atoms with Gasteiger partial charge in [0.05, 0.1) is 17.1 Å². The van der Waals surface area contributed by atoms with Gasteiger partial charge in [0.1, 0.15) is 5.82 Å². The molecule has 0 atom stereocenters. The largest absolute Gasteiger partial charge is 0.447 e. The van der Waals surface area contributed by atoms with E-state index in [0.29, 0.717) is 6.54 Å². The number of hydrogen-bond donors (Lipinski definition) is 2. The van der Waals surface area contributed by atoms with Crippen LogP contribution in [0.5, 0.6) is 0 Å². The molecule has 0 bridgehead atoms. The Morgan fingerprint density at radius 2 is 1.96 bits per heavy atom.